The molecule has 0 N–H and O–H groups in total. The van der Waals surface area contributed by atoms with E-state index in [1.807, 2.05) is 0 Å². The molecular formula is C12H18O6. The number of ketones is 2. The van der Waals surface area contributed by atoms with Gasteiger partial charge in [-0.25, -0.2) is 4.79 Å². The minimum Gasteiger partial charge on any atom is -0.460 e. The van der Waals surface area contributed by atoms with Crippen molar-refractivity contribution in [2.75, 3.05) is 20.8 Å². The van der Waals surface area contributed by atoms with Gasteiger partial charge in [-0.3, -0.25) is 9.59 Å². The van der Waals surface area contributed by atoms with Crippen LogP contribution in [0.15, 0.2) is 0 Å². The van der Waals surface area contributed by atoms with Gasteiger partial charge in [-0.15, -0.1) is 0 Å². The minimum absolute atomic E-state index is 0.0521. The molecule has 0 aliphatic heterocycles. The average molecular weight is 258 g/mol. The molecule has 102 valence electrons. The maximum Gasteiger partial charge on any atom is 0.375 e. The van der Waals surface area contributed by atoms with Gasteiger partial charge in [0.15, 0.2) is 5.79 Å². The number of carbonyl (C=O) groups is 3. The van der Waals surface area contributed by atoms with Crippen LogP contribution in [0.2, 0.25) is 0 Å². The summed E-state index contributed by atoms with van der Waals surface area (Å²) in [5, 5.41) is 0. The van der Waals surface area contributed by atoms with Crippen molar-refractivity contribution in [3.05, 3.63) is 0 Å². The lowest BCUT2D eigenvalue weighted by Crippen LogP contribution is -2.46. The van der Waals surface area contributed by atoms with Crippen LogP contribution >= 0.6 is 0 Å². The summed E-state index contributed by atoms with van der Waals surface area (Å²) in [6, 6.07) is 0. The van der Waals surface area contributed by atoms with Gasteiger partial charge in [0.05, 0.1) is 12.5 Å². The van der Waals surface area contributed by atoms with Crippen molar-refractivity contribution in [2.24, 2.45) is 5.92 Å². The molecule has 1 atom stereocenters. The standard InChI is InChI=1S/C12H18O6/c1-4-18-11(15)10(14)8-7-12(16-2,17-3)6-5-9(8)13/h8H,4-7H2,1-3H3. The second-order valence-electron chi connectivity index (χ2n) is 4.13. The molecule has 1 rings (SSSR count). The molecule has 1 aliphatic carbocycles. The Hall–Kier alpha value is -1.27. The zero-order chi connectivity index (χ0) is 13.8. The van der Waals surface area contributed by atoms with Gasteiger partial charge in [0, 0.05) is 33.5 Å². The predicted octanol–water partition coefficient (Wildman–Crippen LogP) is 0.477. The maximum absolute atomic E-state index is 11.8. The molecular weight excluding hydrogens is 240 g/mol. The zero-order valence-electron chi connectivity index (χ0n) is 10.9. The average Bonchev–Trinajstić information content (AvgIpc) is 2.39. The number of hydrogen-bond acceptors (Lipinski definition) is 6. The highest BCUT2D eigenvalue weighted by Gasteiger charge is 2.45. The molecule has 6 heteroatoms. The highest BCUT2D eigenvalue weighted by Crippen LogP contribution is 2.34. The summed E-state index contributed by atoms with van der Waals surface area (Å²) in [4.78, 5) is 34.9. The number of esters is 1. The van der Waals surface area contributed by atoms with Crippen LogP contribution in [0.4, 0.5) is 0 Å². The Labute approximate surface area is 106 Å². The molecule has 0 aromatic carbocycles. The molecule has 0 saturated heterocycles. The smallest absolute Gasteiger partial charge is 0.375 e. The van der Waals surface area contributed by atoms with Crippen LogP contribution in [0.1, 0.15) is 26.2 Å². The van der Waals surface area contributed by atoms with Crippen molar-refractivity contribution in [1.29, 1.82) is 0 Å². The summed E-state index contributed by atoms with van der Waals surface area (Å²) in [7, 11) is 2.90. The van der Waals surface area contributed by atoms with Crippen molar-refractivity contribution >= 4 is 17.5 Å². The van der Waals surface area contributed by atoms with Crippen LogP contribution in [-0.2, 0) is 28.6 Å². The SMILES string of the molecule is CCOC(=O)C(=O)C1CC(OC)(OC)CCC1=O. The summed E-state index contributed by atoms with van der Waals surface area (Å²) in [5.41, 5.74) is 0. The third kappa shape index (κ3) is 2.94. The van der Waals surface area contributed by atoms with Crippen molar-refractivity contribution < 1.29 is 28.6 Å². The van der Waals surface area contributed by atoms with E-state index in [2.05, 4.69) is 4.74 Å². The first kappa shape index (κ1) is 14.8. The molecule has 18 heavy (non-hydrogen) atoms. The maximum atomic E-state index is 11.8. The van der Waals surface area contributed by atoms with Crippen LogP contribution in [-0.4, -0.2) is 44.1 Å². The van der Waals surface area contributed by atoms with Crippen molar-refractivity contribution in [1.82, 2.24) is 0 Å². The zero-order valence-corrected chi connectivity index (χ0v) is 10.9. The van der Waals surface area contributed by atoms with Crippen LogP contribution in [0.3, 0.4) is 0 Å². The molecule has 0 radical (unpaired) electrons. The van der Waals surface area contributed by atoms with E-state index < -0.39 is 23.5 Å². The summed E-state index contributed by atoms with van der Waals surface area (Å²) in [6.07, 6.45) is 0.583. The summed E-state index contributed by atoms with van der Waals surface area (Å²) in [6.45, 7) is 1.70. The fourth-order valence-electron chi connectivity index (χ4n) is 2.05. The topological polar surface area (TPSA) is 78.9 Å². The number of hydrogen-bond donors (Lipinski definition) is 0. The van der Waals surface area contributed by atoms with Gasteiger partial charge in [0.1, 0.15) is 5.78 Å². The number of ether oxygens (including phenoxy) is 3. The number of methoxy groups -OCH3 is 2. The van der Waals surface area contributed by atoms with Gasteiger partial charge in [0.25, 0.3) is 5.78 Å². The van der Waals surface area contributed by atoms with Gasteiger partial charge in [-0.05, 0) is 6.92 Å². The molecule has 0 aromatic heterocycles. The molecule has 1 fully saturated rings. The fraction of sp³-hybridized carbons (Fsp3) is 0.750. The van der Waals surface area contributed by atoms with Gasteiger partial charge < -0.3 is 14.2 Å². The Morgan fingerprint density at radius 1 is 1.33 bits per heavy atom. The quantitative estimate of drug-likeness (QED) is 0.309. The lowest BCUT2D eigenvalue weighted by molar-refractivity contribution is -0.228. The lowest BCUT2D eigenvalue weighted by Gasteiger charge is -2.36. The van der Waals surface area contributed by atoms with Crippen molar-refractivity contribution in [3.8, 4) is 0 Å². The Balaban J connectivity index is 2.82. The van der Waals surface area contributed by atoms with Gasteiger partial charge in [0.2, 0.25) is 0 Å². The Bertz CT molecular complexity index is 344. The molecule has 0 bridgehead atoms. The summed E-state index contributed by atoms with van der Waals surface area (Å²) >= 11 is 0. The number of rotatable bonds is 5. The van der Waals surface area contributed by atoms with E-state index in [1.165, 1.54) is 14.2 Å². The van der Waals surface area contributed by atoms with E-state index in [1.54, 1.807) is 6.92 Å². The second kappa shape index (κ2) is 6.06. The van der Waals surface area contributed by atoms with E-state index in [9.17, 15) is 14.4 Å². The minimum atomic E-state index is -1.03. The second-order valence-corrected chi connectivity index (χ2v) is 4.13. The fourth-order valence-corrected chi connectivity index (χ4v) is 2.05. The molecule has 1 aliphatic rings. The Morgan fingerprint density at radius 3 is 2.44 bits per heavy atom. The molecule has 0 heterocycles. The molecule has 6 nitrogen and oxygen atoms in total. The Morgan fingerprint density at radius 2 is 1.94 bits per heavy atom. The van der Waals surface area contributed by atoms with Gasteiger partial charge >= 0.3 is 5.97 Å². The molecule has 1 unspecified atom stereocenters. The largest absolute Gasteiger partial charge is 0.460 e. The van der Waals surface area contributed by atoms with E-state index >= 15 is 0 Å². The molecule has 0 spiro atoms. The van der Waals surface area contributed by atoms with Gasteiger partial charge in [-0.2, -0.15) is 0 Å². The van der Waals surface area contributed by atoms with E-state index in [-0.39, 0.29) is 25.2 Å². The van der Waals surface area contributed by atoms with Gasteiger partial charge in [-0.1, -0.05) is 0 Å². The third-order valence-corrected chi connectivity index (χ3v) is 3.19. The van der Waals surface area contributed by atoms with Crippen LogP contribution in [0.25, 0.3) is 0 Å². The van der Waals surface area contributed by atoms with Crippen molar-refractivity contribution in [2.45, 2.75) is 32.0 Å². The predicted molar refractivity (Wildman–Crippen MR) is 60.7 cm³/mol. The highest BCUT2D eigenvalue weighted by atomic mass is 16.7. The summed E-state index contributed by atoms with van der Waals surface area (Å²) < 4.78 is 15.1. The van der Waals surface area contributed by atoms with E-state index in [0.29, 0.717) is 6.42 Å². The highest BCUT2D eigenvalue weighted by molar-refractivity contribution is 6.38. The van der Waals surface area contributed by atoms with Crippen molar-refractivity contribution in [3.63, 3.8) is 0 Å². The summed E-state index contributed by atoms with van der Waals surface area (Å²) in [5.74, 6) is -4.06. The monoisotopic (exact) mass is 258 g/mol. The molecule has 1 saturated carbocycles. The first-order valence-electron chi connectivity index (χ1n) is 5.83. The van der Waals surface area contributed by atoms with Crippen LogP contribution < -0.4 is 0 Å². The molecule has 0 amide bonds. The lowest BCUT2D eigenvalue weighted by atomic mass is 9.81. The van der Waals surface area contributed by atoms with Crippen LogP contribution in [0.5, 0.6) is 0 Å². The first-order chi connectivity index (χ1) is 8.49. The molecule has 0 aromatic rings. The van der Waals surface area contributed by atoms with E-state index in [0.717, 1.165) is 0 Å². The number of carbonyl (C=O) groups excluding carboxylic acids is 3. The first-order valence-corrected chi connectivity index (χ1v) is 5.83. The van der Waals surface area contributed by atoms with E-state index in [4.69, 9.17) is 9.47 Å². The normalized spacial score (nSPS) is 22.6. The Kier molecular flexibility index (Phi) is 4.98. The number of Topliss-reactive ketones (excluding diaryl/α,β-unsaturated/α-hetero) is 2. The third-order valence-electron chi connectivity index (χ3n) is 3.19. The van der Waals surface area contributed by atoms with Crippen LogP contribution in [0, 0.1) is 5.92 Å².